The van der Waals surface area contributed by atoms with Gasteiger partial charge in [0.1, 0.15) is 0 Å². The van der Waals surface area contributed by atoms with Crippen LogP contribution in [-0.4, -0.2) is 62.4 Å². The van der Waals surface area contributed by atoms with E-state index in [0.29, 0.717) is 19.1 Å². The van der Waals surface area contributed by atoms with Crippen LogP contribution in [0, 0.1) is 5.92 Å². The molecule has 3 fully saturated rings. The van der Waals surface area contributed by atoms with Gasteiger partial charge in [0.2, 0.25) is 5.91 Å². The molecule has 2 saturated heterocycles. The highest BCUT2D eigenvalue weighted by Gasteiger charge is 2.28. The third-order valence-corrected chi connectivity index (χ3v) is 4.48. The van der Waals surface area contributed by atoms with E-state index >= 15 is 0 Å². The largest absolute Gasteiger partial charge is 0.378 e. The molecule has 3 rings (SSSR count). The summed E-state index contributed by atoms with van der Waals surface area (Å²) >= 11 is 0. The maximum absolute atomic E-state index is 12.2. The number of ether oxygens (including phenoxy) is 2. The molecule has 1 atom stereocenters. The quantitative estimate of drug-likeness (QED) is 0.810. The molecule has 1 unspecified atom stereocenters. The van der Waals surface area contributed by atoms with Crippen molar-refractivity contribution in [1.82, 2.24) is 10.2 Å². The molecule has 0 aromatic carbocycles. The fourth-order valence-corrected chi connectivity index (χ4v) is 2.92. The van der Waals surface area contributed by atoms with Gasteiger partial charge in [-0.2, -0.15) is 0 Å². The summed E-state index contributed by atoms with van der Waals surface area (Å²) in [4.78, 5) is 14.2. The summed E-state index contributed by atoms with van der Waals surface area (Å²) in [6, 6.07) is 0.195. The van der Waals surface area contributed by atoms with Crippen LogP contribution in [0.5, 0.6) is 0 Å². The fraction of sp³-hybridized carbons (Fsp3) is 0.933. The van der Waals surface area contributed by atoms with Gasteiger partial charge in [-0.25, -0.2) is 0 Å². The SMILES string of the molecule is O=C(CC1COCCN1)N1CCC(OCC2CC2)CC1. The third-order valence-electron chi connectivity index (χ3n) is 4.48. The minimum absolute atomic E-state index is 0.195. The second-order valence-electron chi connectivity index (χ2n) is 6.29. The molecule has 20 heavy (non-hydrogen) atoms. The Bertz CT molecular complexity index is 319. The molecule has 1 N–H and O–H groups in total. The average molecular weight is 282 g/mol. The molecule has 1 aliphatic carbocycles. The first kappa shape index (κ1) is 14.3. The zero-order chi connectivity index (χ0) is 13.8. The van der Waals surface area contributed by atoms with Crippen molar-refractivity contribution in [3.63, 3.8) is 0 Å². The highest BCUT2D eigenvalue weighted by molar-refractivity contribution is 5.77. The minimum atomic E-state index is 0.195. The second-order valence-corrected chi connectivity index (χ2v) is 6.29. The molecule has 114 valence electrons. The lowest BCUT2D eigenvalue weighted by molar-refractivity contribution is -0.135. The molecule has 5 nitrogen and oxygen atoms in total. The second kappa shape index (κ2) is 6.87. The van der Waals surface area contributed by atoms with Crippen LogP contribution in [0.4, 0.5) is 0 Å². The summed E-state index contributed by atoms with van der Waals surface area (Å²) in [6.45, 7) is 4.90. The number of rotatable bonds is 5. The highest BCUT2D eigenvalue weighted by Crippen LogP contribution is 2.30. The monoisotopic (exact) mass is 282 g/mol. The Hall–Kier alpha value is -0.650. The standard InChI is InChI=1S/C15H26N2O3/c18-15(9-13-11-19-8-5-16-13)17-6-3-14(4-7-17)20-10-12-1-2-12/h12-14,16H,1-11H2. The lowest BCUT2D eigenvalue weighted by Gasteiger charge is -2.33. The zero-order valence-electron chi connectivity index (χ0n) is 12.2. The summed E-state index contributed by atoms with van der Waals surface area (Å²) in [5.41, 5.74) is 0. The van der Waals surface area contributed by atoms with E-state index in [-0.39, 0.29) is 11.9 Å². The number of carbonyl (C=O) groups excluding carboxylic acids is 1. The molecular formula is C15H26N2O3. The molecule has 1 saturated carbocycles. The van der Waals surface area contributed by atoms with E-state index in [9.17, 15) is 4.79 Å². The summed E-state index contributed by atoms with van der Waals surface area (Å²) < 4.78 is 11.3. The third kappa shape index (κ3) is 4.17. The van der Waals surface area contributed by atoms with Crippen molar-refractivity contribution in [1.29, 1.82) is 0 Å². The van der Waals surface area contributed by atoms with Gasteiger partial charge in [-0.3, -0.25) is 4.79 Å². The van der Waals surface area contributed by atoms with Crippen LogP contribution in [0.1, 0.15) is 32.1 Å². The first-order valence-corrected chi connectivity index (χ1v) is 8.02. The van der Waals surface area contributed by atoms with Gasteiger partial charge < -0.3 is 19.7 Å². The maximum Gasteiger partial charge on any atom is 0.224 e. The number of likely N-dealkylation sites (tertiary alicyclic amines) is 1. The molecule has 0 spiro atoms. The molecule has 2 aliphatic heterocycles. The minimum Gasteiger partial charge on any atom is -0.378 e. The van der Waals surface area contributed by atoms with Gasteiger partial charge in [0.25, 0.3) is 0 Å². The van der Waals surface area contributed by atoms with Gasteiger partial charge in [0.05, 0.1) is 19.3 Å². The molecular weight excluding hydrogens is 256 g/mol. The molecule has 5 heteroatoms. The Morgan fingerprint density at radius 2 is 2.05 bits per heavy atom. The normalized spacial score (nSPS) is 28.6. The van der Waals surface area contributed by atoms with Crippen molar-refractivity contribution in [2.45, 2.75) is 44.2 Å². The van der Waals surface area contributed by atoms with Crippen molar-refractivity contribution in [2.75, 3.05) is 39.5 Å². The average Bonchev–Trinajstić information content (AvgIpc) is 3.31. The highest BCUT2D eigenvalue weighted by atomic mass is 16.5. The molecule has 0 aromatic heterocycles. The van der Waals surface area contributed by atoms with Gasteiger partial charge in [-0.1, -0.05) is 0 Å². The molecule has 0 radical (unpaired) electrons. The van der Waals surface area contributed by atoms with E-state index < -0.39 is 0 Å². The van der Waals surface area contributed by atoms with Crippen molar-refractivity contribution in [3.8, 4) is 0 Å². The molecule has 1 amide bonds. The lowest BCUT2D eigenvalue weighted by atomic mass is 10.1. The Morgan fingerprint density at radius 1 is 1.25 bits per heavy atom. The molecule has 0 aromatic rings. The number of nitrogens with zero attached hydrogens (tertiary/aromatic N) is 1. The first-order valence-electron chi connectivity index (χ1n) is 8.02. The predicted molar refractivity (Wildman–Crippen MR) is 75.5 cm³/mol. The molecule has 0 bridgehead atoms. The van der Waals surface area contributed by atoms with E-state index in [1.165, 1.54) is 12.8 Å². The Morgan fingerprint density at radius 3 is 2.70 bits per heavy atom. The summed E-state index contributed by atoms with van der Waals surface area (Å²) in [7, 11) is 0. The van der Waals surface area contributed by atoms with E-state index in [0.717, 1.165) is 51.6 Å². The van der Waals surface area contributed by atoms with Gasteiger partial charge in [-0.15, -0.1) is 0 Å². The van der Waals surface area contributed by atoms with Gasteiger partial charge in [0, 0.05) is 38.7 Å². The maximum atomic E-state index is 12.2. The fourth-order valence-electron chi connectivity index (χ4n) is 2.92. The summed E-state index contributed by atoms with van der Waals surface area (Å²) in [6.07, 6.45) is 5.60. The molecule has 2 heterocycles. The number of piperidine rings is 1. The number of hydrogen-bond acceptors (Lipinski definition) is 4. The van der Waals surface area contributed by atoms with Crippen LogP contribution in [-0.2, 0) is 14.3 Å². The van der Waals surface area contributed by atoms with Crippen molar-refractivity contribution < 1.29 is 14.3 Å². The first-order chi connectivity index (χ1) is 9.81. The number of nitrogens with one attached hydrogen (secondary N) is 1. The van der Waals surface area contributed by atoms with Gasteiger partial charge >= 0.3 is 0 Å². The number of carbonyl (C=O) groups is 1. The van der Waals surface area contributed by atoms with E-state index in [2.05, 4.69) is 5.32 Å². The Labute approximate surface area is 121 Å². The number of hydrogen-bond donors (Lipinski definition) is 1. The Kier molecular flexibility index (Phi) is 4.91. The summed E-state index contributed by atoms with van der Waals surface area (Å²) in [5.74, 6) is 1.08. The number of morpholine rings is 1. The Balaban J connectivity index is 1.34. The van der Waals surface area contributed by atoms with Gasteiger partial charge in [-0.05, 0) is 31.6 Å². The van der Waals surface area contributed by atoms with Crippen molar-refractivity contribution >= 4 is 5.91 Å². The van der Waals surface area contributed by atoms with E-state index in [1.54, 1.807) is 0 Å². The van der Waals surface area contributed by atoms with Crippen LogP contribution in [0.25, 0.3) is 0 Å². The van der Waals surface area contributed by atoms with Crippen LogP contribution >= 0.6 is 0 Å². The van der Waals surface area contributed by atoms with Crippen LogP contribution < -0.4 is 5.32 Å². The lowest BCUT2D eigenvalue weighted by Crippen LogP contribution is -2.47. The van der Waals surface area contributed by atoms with Crippen molar-refractivity contribution in [3.05, 3.63) is 0 Å². The molecule has 3 aliphatic rings. The van der Waals surface area contributed by atoms with Crippen LogP contribution in [0.2, 0.25) is 0 Å². The number of amides is 1. The van der Waals surface area contributed by atoms with Crippen LogP contribution in [0.3, 0.4) is 0 Å². The van der Waals surface area contributed by atoms with E-state index in [4.69, 9.17) is 9.47 Å². The smallest absolute Gasteiger partial charge is 0.224 e. The van der Waals surface area contributed by atoms with Crippen molar-refractivity contribution in [2.24, 2.45) is 5.92 Å². The zero-order valence-corrected chi connectivity index (χ0v) is 12.2. The van der Waals surface area contributed by atoms with E-state index in [1.807, 2.05) is 4.90 Å². The topological polar surface area (TPSA) is 50.8 Å². The van der Waals surface area contributed by atoms with Crippen LogP contribution in [0.15, 0.2) is 0 Å². The van der Waals surface area contributed by atoms with Gasteiger partial charge in [0.15, 0.2) is 0 Å². The summed E-state index contributed by atoms with van der Waals surface area (Å²) in [5, 5.41) is 3.34. The predicted octanol–water partition coefficient (Wildman–Crippen LogP) is 0.783.